The van der Waals surface area contributed by atoms with Crippen molar-refractivity contribution in [1.29, 1.82) is 0 Å². The van der Waals surface area contributed by atoms with Gasteiger partial charge in [0.15, 0.2) is 0 Å². The number of para-hydroxylation sites is 1. The van der Waals surface area contributed by atoms with E-state index in [0.29, 0.717) is 12.4 Å². The summed E-state index contributed by atoms with van der Waals surface area (Å²) in [5, 5.41) is 7.64. The molecule has 2 heterocycles. The molecule has 1 N–H and O–H groups in total. The molecule has 0 saturated heterocycles. The van der Waals surface area contributed by atoms with E-state index < -0.39 is 0 Å². The zero-order valence-corrected chi connectivity index (χ0v) is 15.2. The number of nitrogens with zero attached hydrogens (tertiary/aromatic N) is 2. The van der Waals surface area contributed by atoms with E-state index in [0.717, 1.165) is 34.0 Å². The smallest absolute Gasteiger partial charge is 0.306 e. The second kappa shape index (κ2) is 7.74. The highest BCUT2D eigenvalue weighted by atomic mass is 32.2. The zero-order chi connectivity index (χ0) is 17.8. The lowest BCUT2D eigenvalue weighted by molar-refractivity contribution is -0.144. The van der Waals surface area contributed by atoms with Gasteiger partial charge in [-0.2, -0.15) is 16.9 Å². The number of ether oxygens (including phenoxy) is 1. The summed E-state index contributed by atoms with van der Waals surface area (Å²) in [6.07, 6.45) is 0.175. The molecule has 0 atom stereocenters. The fourth-order valence-corrected chi connectivity index (χ4v) is 3.79. The Bertz CT molecular complexity index is 801. The van der Waals surface area contributed by atoms with Crippen molar-refractivity contribution in [3.8, 4) is 5.69 Å². The van der Waals surface area contributed by atoms with Crippen LogP contribution in [0, 0.1) is 6.92 Å². The Morgan fingerprint density at radius 3 is 2.84 bits per heavy atom. The Morgan fingerprint density at radius 1 is 1.28 bits per heavy atom. The molecule has 2 aromatic rings. The Hall–Kier alpha value is -2.28. The number of carbonyl (C=O) groups is 2. The van der Waals surface area contributed by atoms with E-state index in [1.165, 1.54) is 0 Å². The monoisotopic (exact) mass is 359 g/mol. The van der Waals surface area contributed by atoms with Gasteiger partial charge in [0.25, 0.3) is 0 Å². The third-order valence-electron chi connectivity index (χ3n) is 4.01. The number of hydrogen-bond acceptors (Lipinski definition) is 5. The normalized spacial score (nSPS) is 12.7. The molecule has 0 aliphatic carbocycles. The lowest BCUT2D eigenvalue weighted by Gasteiger charge is -2.12. The SMILES string of the molecule is CCOC(=O)CCC(=O)Nc1c2c(nn1-c1ccccc1C)CSC2. The summed E-state index contributed by atoms with van der Waals surface area (Å²) < 4.78 is 6.68. The quantitative estimate of drug-likeness (QED) is 0.802. The summed E-state index contributed by atoms with van der Waals surface area (Å²) in [5.41, 5.74) is 4.10. The molecule has 0 fully saturated rings. The maximum atomic E-state index is 12.3. The molecule has 1 aromatic carbocycles. The van der Waals surface area contributed by atoms with Crippen molar-refractivity contribution >= 4 is 29.5 Å². The molecule has 25 heavy (non-hydrogen) atoms. The summed E-state index contributed by atoms with van der Waals surface area (Å²) in [7, 11) is 0. The minimum absolute atomic E-state index is 0.0785. The molecule has 0 radical (unpaired) electrons. The van der Waals surface area contributed by atoms with Crippen molar-refractivity contribution < 1.29 is 14.3 Å². The number of carbonyl (C=O) groups excluding carboxylic acids is 2. The molecule has 0 unspecified atom stereocenters. The van der Waals surface area contributed by atoms with Crippen LogP contribution in [0.3, 0.4) is 0 Å². The number of anilines is 1. The minimum atomic E-state index is -0.356. The number of aromatic nitrogens is 2. The predicted molar refractivity (Wildman–Crippen MR) is 97.8 cm³/mol. The molecule has 0 saturated carbocycles. The van der Waals surface area contributed by atoms with Gasteiger partial charge in [-0.15, -0.1) is 0 Å². The fraction of sp³-hybridized carbons (Fsp3) is 0.389. The van der Waals surface area contributed by atoms with E-state index in [2.05, 4.69) is 10.4 Å². The average Bonchev–Trinajstić information content (AvgIpc) is 3.16. The molecule has 0 bridgehead atoms. The zero-order valence-electron chi connectivity index (χ0n) is 14.4. The number of aryl methyl sites for hydroxylation is 1. The third kappa shape index (κ3) is 3.87. The van der Waals surface area contributed by atoms with Crippen LogP contribution in [0.15, 0.2) is 24.3 Å². The van der Waals surface area contributed by atoms with Crippen LogP contribution in [0.5, 0.6) is 0 Å². The molecule has 7 heteroatoms. The van der Waals surface area contributed by atoms with Gasteiger partial charge in [0.05, 0.1) is 24.4 Å². The standard InChI is InChI=1S/C18H21N3O3S/c1-3-24-17(23)9-8-16(22)19-18-13-10-25-11-14(13)20-21(18)15-7-5-4-6-12(15)2/h4-7H,3,8-11H2,1-2H3,(H,19,22). The van der Waals surface area contributed by atoms with Gasteiger partial charge in [-0.3, -0.25) is 9.59 Å². The minimum Gasteiger partial charge on any atom is -0.466 e. The van der Waals surface area contributed by atoms with Crippen LogP contribution in [0.4, 0.5) is 5.82 Å². The fourth-order valence-electron chi connectivity index (χ4n) is 2.76. The van der Waals surface area contributed by atoms with E-state index in [-0.39, 0.29) is 24.7 Å². The van der Waals surface area contributed by atoms with Gasteiger partial charge in [-0.05, 0) is 25.5 Å². The van der Waals surface area contributed by atoms with Crippen LogP contribution >= 0.6 is 11.8 Å². The summed E-state index contributed by atoms with van der Waals surface area (Å²) >= 11 is 1.78. The largest absolute Gasteiger partial charge is 0.466 e. The van der Waals surface area contributed by atoms with E-state index in [1.54, 1.807) is 18.7 Å². The molecule has 3 rings (SSSR count). The van der Waals surface area contributed by atoms with Crippen LogP contribution < -0.4 is 5.32 Å². The highest BCUT2D eigenvalue weighted by molar-refractivity contribution is 7.98. The molecular weight excluding hydrogens is 338 g/mol. The second-order valence-corrected chi connectivity index (χ2v) is 6.80. The van der Waals surface area contributed by atoms with E-state index in [9.17, 15) is 9.59 Å². The molecule has 1 aliphatic heterocycles. The second-order valence-electron chi connectivity index (χ2n) is 5.82. The number of fused-ring (bicyclic) bond motifs is 1. The van der Waals surface area contributed by atoms with Crippen LogP contribution in [-0.4, -0.2) is 28.3 Å². The number of rotatable bonds is 6. The lowest BCUT2D eigenvalue weighted by Crippen LogP contribution is -2.18. The van der Waals surface area contributed by atoms with E-state index in [1.807, 2.05) is 35.9 Å². The molecular formula is C18H21N3O3S. The predicted octanol–water partition coefficient (Wildman–Crippen LogP) is 3.21. The molecule has 132 valence electrons. The van der Waals surface area contributed by atoms with Gasteiger partial charge in [-0.1, -0.05) is 18.2 Å². The lowest BCUT2D eigenvalue weighted by atomic mass is 10.2. The number of esters is 1. The van der Waals surface area contributed by atoms with E-state index in [4.69, 9.17) is 4.74 Å². The third-order valence-corrected chi connectivity index (χ3v) is 4.99. The topological polar surface area (TPSA) is 73.2 Å². The molecule has 1 aliphatic rings. The Balaban J connectivity index is 1.82. The number of benzene rings is 1. The van der Waals surface area contributed by atoms with Crippen molar-refractivity contribution in [2.24, 2.45) is 0 Å². The van der Waals surface area contributed by atoms with Gasteiger partial charge >= 0.3 is 5.97 Å². The molecule has 6 nitrogen and oxygen atoms in total. The van der Waals surface area contributed by atoms with Crippen molar-refractivity contribution in [2.45, 2.75) is 38.2 Å². The first-order valence-electron chi connectivity index (χ1n) is 8.30. The number of thioether (sulfide) groups is 1. The molecule has 1 amide bonds. The Morgan fingerprint density at radius 2 is 2.08 bits per heavy atom. The Labute approximate surface area is 150 Å². The van der Waals surface area contributed by atoms with Crippen LogP contribution in [0.2, 0.25) is 0 Å². The van der Waals surface area contributed by atoms with Gasteiger partial charge < -0.3 is 10.1 Å². The highest BCUT2D eigenvalue weighted by Crippen LogP contribution is 2.36. The van der Waals surface area contributed by atoms with Crippen molar-refractivity contribution in [3.05, 3.63) is 41.1 Å². The molecule has 0 spiro atoms. The van der Waals surface area contributed by atoms with Crippen LogP contribution in [-0.2, 0) is 25.8 Å². The summed E-state index contributed by atoms with van der Waals surface area (Å²) in [6.45, 7) is 4.09. The Kier molecular flexibility index (Phi) is 5.43. The number of amides is 1. The van der Waals surface area contributed by atoms with Crippen LogP contribution in [0.25, 0.3) is 5.69 Å². The maximum absolute atomic E-state index is 12.3. The van der Waals surface area contributed by atoms with Crippen molar-refractivity contribution in [3.63, 3.8) is 0 Å². The van der Waals surface area contributed by atoms with Gasteiger partial charge in [0.1, 0.15) is 5.82 Å². The first-order valence-corrected chi connectivity index (χ1v) is 9.45. The van der Waals surface area contributed by atoms with Gasteiger partial charge in [0.2, 0.25) is 5.91 Å². The summed E-state index contributed by atoms with van der Waals surface area (Å²) in [5.74, 6) is 1.82. The van der Waals surface area contributed by atoms with Crippen molar-refractivity contribution in [1.82, 2.24) is 9.78 Å². The molecule has 1 aromatic heterocycles. The first kappa shape index (κ1) is 17.5. The summed E-state index contributed by atoms with van der Waals surface area (Å²) in [6, 6.07) is 7.93. The first-order chi connectivity index (χ1) is 12.1. The van der Waals surface area contributed by atoms with Gasteiger partial charge in [-0.25, -0.2) is 4.68 Å². The maximum Gasteiger partial charge on any atom is 0.306 e. The average molecular weight is 359 g/mol. The summed E-state index contributed by atoms with van der Waals surface area (Å²) in [4.78, 5) is 23.8. The van der Waals surface area contributed by atoms with E-state index >= 15 is 0 Å². The van der Waals surface area contributed by atoms with Crippen LogP contribution in [0.1, 0.15) is 36.6 Å². The van der Waals surface area contributed by atoms with Crippen molar-refractivity contribution in [2.75, 3.05) is 11.9 Å². The van der Waals surface area contributed by atoms with Gasteiger partial charge in [0, 0.05) is 23.5 Å². The number of hydrogen-bond donors (Lipinski definition) is 1. The highest BCUT2D eigenvalue weighted by Gasteiger charge is 2.25. The number of nitrogens with one attached hydrogen (secondary N) is 1.